The van der Waals surface area contributed by atoms with Gasteiger partial charge in [0, 0.05) is 30.5 Å². The third kappa shape index (κ3) is 3.85. The summed E-state index contributed by atoms with van der Waals surface area (Å²) >= 11 is 1.49. The highest BCUT2D eigenvalue weighted by Gasteiger charge is 2.29. The van der Waals surface area contributed by atoms with Crippen LogP contribution in [0.15, 0.2) is 41.1 Å². The van der Waals surface area contributed by atoms with Crippen molar-refractivity contribution >= 4 is 23.2 Å². The molecule has 1 aromatic carbocycles. The summed E-state index contributed by atoms with van der Waals surface area (Å²) in [6.07, 6.45) is 2.39. The van der Waals surface area contributed by atoms with Crippen molar-refractivity contribution in [2.75, 3.05) is 13.1 Å². The number of aryl methyl sites for hydroxylation is 1. The van der Waals surface area contributed by atoms with Gasteiger partial charge in [0.25, 0.3) is 5.91 Å². The lowest BCUT2D eigenvalue weighted by Gasteiger charge is -2.25. The van der Waals surface area contributed by atoms with Crippen LogP contribution in [0.25, 0.3) is 0 Å². The number of amides is 2. The largest absolute Gasteiger partial charge is 0.351 e. The maximum absolute atomic E-state index is 12.5. The first-order valence-corrected chi connectivity index (χ1v) is 9.26. The Bertz CT molecular complexity index is 695. The Kier molecular flexibility index (Phi) is 5.30. The number of hydrogen-bond acceptors (Lipinski definition) is 3. The van der Waals surface area contributed by atoms with Crippen LogP contribution in [0.5, 0.6) is 0 Å². The number of rotatable bonds is 5. The monoisotopic (exact) mass is 342 g/mol. The molecule has 2 amide bonds. The lowest BCUT2D eigenvalue weighted by atomic mass is 10.0. The van der Waals surface area contributed by atoms with E-state index in [1.165, 1.54) is 22.5 Å². The third-order valence-electron chi connectivity index (χ3n) is 4.44. The molecule has 1 atom stereocenters. The third-order valence-corrected chi connectivity index (χ3v) is 5.13. The molecule has 1 saturated heterocycles. The average Bonchev–Trinajstić information content (AvgIpc) is 3.27. The number of nitrogens with one attached hydrogen (secondary N) is 1. The minimum Gasteiger partial charge on any atom is -0.351 e. The highest BCUT2D eigenvalue weighted by molar-refractivity contribution is 7.08. The van der Waals surface area contributed by atoms with E-state index >= 15 is 0 Å². The fraction of sp³-hybridized carbons (Fsp3) is 0.368. The van der Waals surface area contributed by atoms with E-state index in [-0.39, 0.29) is 17.9 Å². The molecule has 0 spiro atoms. The summed E-state index contributed by atoms with van der Waals surface area (Å²) in [5.41, 5.74) is 3.09. The molecule has 0 radical (unpaired) electrons. The molecule has 4 nitrogen and oxygen atoms in total. The van der Waals surface area contributed by atoms with Gasteiger partial charge in [-0.3, -0.25) is 9.59 Å². The van der Waals surface area contributed by atoms with Crippen molar-refractivity contribution in [3.05, 3.63) is 57.8 Å². The van der Waals surface area contributed by atoms with Crippen LogP contribution in [0.1, 0.15) is 46.8 Å². The van der Waals surface area contributed by atoms with Crippen LogP contribution in [0, 0.1) is 6.92 Å². The minimum atomic E-state index is -0.111. The molecule has 0 saturated carbocycles. The van der Waals surface area contributed by atoms with E-state index in [9.17, 15) is 9.59 Å². The summed E-state index contributed by atoms with van der Waals surface area (Å²) in [6.45, 7) is 3.25. The predicted molar refractivity (Wildman–Crippen MR) is 96.1 cm³/mol. The van der Waals surface area contributed by atoms with Gasteiger partial charge in [-0.1, -0.05) is 29.8 Å². The Morgan fingerprint density at radius 3 is 2.75 bits per heavy atom. The summed E-state index contributed by atoms with van der Waals surface area (Å²) < 4.78 is 0. The van der Waals surface area contributed by atoms with Gasteiger partial charge < -0.3 is 10.2 Å². The quantitative estimate of drug-likeness (QED) is 0.903. The minimum absolute atomic E-state index is 0.111. The molecule has 1 aliphatic rings. The summed E-state index contributed by atoms with van der Waals surface area (Å²) in [6, 6.07) is 10.4. The van der Waals surface area contributed by atoms with Gasteiger partial charge in [0.2, 0.25) is 5.91 Å². The zero-order chi connectivity index (χ0) is 16.9. The number of carbonyl (C=O) groups is 2. The van der Waals surface area contributed by atoms with Crippen molar-refractivity contribution in [1.82, 2.24) is 10.2 Å². The molecular weight excluding hydrogens is 320 g/mol. The Labute approximate surface area is 146 Å². The van der Waals surface area contributed by atoms with Crippen LogP contribution in [-0.2, 0) is 4.79 Å². The molecular formula is C19H22N2O2S. The Hall–Kier alpha value is -2.14. The van der Waals surface area contributed by atoms with E-state index in [4.69, 9.17) is 0 Å². The number of benzene rings is 1. The topological polar surface area (TPSA) is 49.4 Å². The molecule has 1 N–H and O–H groups in total. The van der Waals surface area contributed by atoms with Crippen molar-refractivity contribution in [2.24, 2.45) is 0 Å². The fourth-order valence-electron chi connectivity index (χ4n) is 3.12. The van der Waals surface area contributed by atoms with E-state index in [0.29, 0.717) is 18.5 Å². The van der Waals surface area contributed by atoms with E-state index in [2.05, 4.69) is 36.5 Å². The summed E-state index contributed by atoms with van der Waals surface area (Å²) in [7, 11) is 0. The molecule has 3 rings (SSSR count). The zero-order valence-corrected chi connectivity index (χ0v) is 14.6. The maximum atomic E-state index is 12.5. The van der Waals surface area contributed by atoms with Crippen molar-refractivity contribution in [3.63, 3.8) is 0 Å². The fourth-order valence-corrected chi connectivity index (χ4v) is 3.76. The molecule has 126 valence electrons. The standard InChI is InChI=1S/C19H22N2O2S/c1-14-4-6-15(7-5-14)17-3-2-11-21(17)18(22)8-10-20-19(23)16-9-12-24-13-16/h4-7,9,12-13,17H,2-3,8,10-11H2,1H3,(H,20,23). The highest BCUT2D eigenvalue weighted by Crippen LogP contribution is 2.32. The van der Waals surface area contributed by atoms with Crippen LogP contribution in [-0.4, -0.2) is 29.8 Å². The summed E-state index contributed by atoms with van der Waals surface area (Å²) in [4.78, 5) is 26.4. The molecule has 2 heterocycles. The number of likely N-dealkylation sites (tertiary alicyclic amines) is 1. The van der Waals surface area contributed by atoms with Gasteiger partial charge in [0.15, 0.2) is 0 Å². The lowest BCUT2D eigenvalue weighted by Crippen LogP contribution is -2.34. The number of carbonyl (C=O) groups excluding carboxylic acids is 2. The molecule has 2 aromatic rings. The van der Waals surface area contributed by atoms with Crippen molar-refractivity contribution in [3.8, 4) is 0 Å². The Morgan fingerprint density at radius 1 is 1.25 bits per heavy atom. The molecule has 1 aliphatic heterocycles. The van der Waals surface area contributed by atoms with Crippen molar-refractivity contribution < 1.29 is 9.59 Å². The second-order valence-corrected chi connectivity index (χ2v) is 6.95. The molecule has 1 unspecified atom stereocenters. The van der Waals surface area contributed by atoms with Gasteiger partial charge in [0.1, 0.15) is 0 Å². The first-order valence-electron chi connectivity index (χ1n) is 8.31. The summed E-state index contributed by atoms with van der Waals surface area (Å²) in [5.74, 6) is 0.00394. The van der Waals surface area contributed by atoms with E-state index in [1.807, 2.05) is 15.7 Å². The normalized spacial score (nSPS) is 17.0. The molecule has 1 fully saturated rings. The van der Waals surface area contributed by atoms with Gasteiger partial charge in [-0.05, 0) is 36.8 Å². The number of thiophene rings is 1. The van der Waals surface area contributed by atoms with E-state index in [0.717, 1.165) is 19.4 Å². The first-order chi connectivity index (χ1) is 11.6. The number of hydrogen-bond donors (Lipinski definition) is 1. The average molecular weight is 342 g/mol. The lowest BCUT2D eigenvalue weighted by molar-refractivity contribution is -0.132. The second-order valence-electron chi connectivity index (χ2n) is 6.17. The van der Waals surface area contributed by atoms with Crippen LogP contribution < -0.4 is 5.32 Å². The van der Waals surface area contributed by atoms with Crippen LogP contribution in [0.4, 0.5) is 0 Å². The van der Waals surface area contributed by atoms with Crippen LogP contribution in [0.3, 0.4) is 0 Å². The van der Waals surface area contributed by atoms with Gasteiger partial charge in [-0.25, -0.2) is 0 Å². The van der Waals surface area contributed by atoms with Crippen molar-refractivity contribution in [2.45, 2.75) is 32.2 Å². The van der Waals surface area contributed by atoms with Gasteiger partial charge in [-0.2, -0.15) is 11.3 Å². The Morgan fingerprint density at radius 2 is 2.04 bits per heavy atom. The van der Waals surface area contributed by atoms with Gasteiger partial charge >= 0.3 is 0 Å². The smallest absolute Gasteiger partial charge is 0.252 e. The van der Waals surface area contributed by atoms with E-state index in [1.54, 1.807) is 6.07 Å². The van der Waals surface area contributed by atoms with E-state index < -0.39 is 0 Å². The molecule has 5 heteroatoms. The van der Waals surface area contributed by atoms with Crippen LogP contribution in [0.2, 0.25) is 0 Å². The SMILES string of the molecule is Cc1ccc(C2CCCN2C(=O)CCNC(=O)c2ccsc2)cc1. The maximum Gasteiger partial charge on any atom is 0.252 e. The van der Waals surface area contributed by atoms with Crippen LogP contribution >= 0.6 is 11.3 Å². The molecule has 0 bridgehead atoms. The van der Waals surface area contributed by atoms with Gasteiger partial charge in [0.05, 0.1) is 6.04 Å². The molecule has 1 aromatic heterocycles. The number of nitrogens with zero attached hydrogens (tertiary/aromatic N) is 1. The summed E-state index contributed by atoms with van der Waals surface area (Å²) in [5, 5.41) is 6.50. The zero-order valence-electron chi connectivity index (χ0n) is 13.8. The van der Waals surface area contributed by atoms with Crippen molar-refractivity contribution in [1.29, 1.82) is 0 Å². The molecule has 0 aliphatic carbocycles. The second kappa shape index (κ2) is 7.62. The Balaban J connectivity index is 1.54. The highest BCUT2D eigenvalue weighted by atomic mass is 32.1. The van der Waals surface area contributed by atoms with Gasteiger partial charge in [-0.15, -0.1) is 0 Å². The first kappa shape index (κ1) is 16.7. The molecule has 24 heavy (non-hydrogen) atoms. The predicted octanol–water partition coefficient (Wildman–Crippen LogP) is 3.54.